The molecule has 5 heteroatoms. The molecule has 1 amide bonds. The summed E-state index contributed by atoms with van der Waals surface area (Å²) in [6.07, 6.45) is 2.17. The van der Waals surface area contributed by atoms with Crippen molar-refractivity contribution in [3.05, 3.63) is 139 Å². The number of hydrogen-bond acceptors (Lipinski definition) is 3. The highest BCUT2D eigenvalue weighted by Crippen LogP contribution is 2.61. The Hall–Kier alpha value is -3.72. The Morgan fingerprint density at radius 3 is 1.53 bits per heavy atom. The average molecular weight is 494 g/mol. The average Bonchev–Trinajstić information content (AvgIpc) is 2.96. The zero-order chi connectivity index (χ0) is 24.6. The van der Waals surface area contributed by atoms with Crippen molar-refractivity contribution >= 4 is 29.1 Å². The first-order valence-electron chi connectivity index (χ1n) is 12.2. The summed E-state index contributed by atoms with van der Waals surface area (Å²) in [6.45, 7) is 2.90. The lowest BCUT2D eigenvalue weighted by Crippen LogP contribution is -2.40. The van der Waals surface area contributed by atoms with Crippen LogP contribution in [0.5, 0.6) is 0 Å². The summed E-state index contributed by atoms with van der Waals surface area (Å²) in [5.74, 6) is -0.109. The van der Waals surface area contributed by atoms with Crippen molar-refractivity contribution in [2.24, 2.45) is 0 Å². The van der Waals surface area contributed by atoms with Crippen molar-refractivity contribution < 1.29 is 9.53 Å². The number of carbonyl (C=O) groups is 1. The van der Waals surface area contributed by atoms with E-state index in [4.69, 9.17) is 4.74 Å². The van der Waals surface area contributed by atoms with Crippen molar-refractivity contribution in [1.29, 1.82) is 0 Å². The molecular weight excluding hydrogens is 463 g/mol. The minimum absolute atomic E-state index is 0.109. The van der Waals surface area contributed by atoms with Crippen molar-refractivity contribution in [2.75, 3.05) is 26.3 Å². The molecule has 0 radical (unpaired) electrons. The smallest absolute Gasteiger partial charge is 0.258 e. The fourth-order valence-electron chi connectivity index (χ4n) is 4.68. The molecule has 1 aliphatic rings. The Kier molecular flexibility index (Phi) is 7.56. The standard InChI is InChI=1S/C31H29N2O2P/c34-31(26-13-5-1-6-14-26)32-30(25-33-21-23-35-24-22-33)36(27-15-7-2-8-16-27,28-17-9-3-10-18-28)29-19-11-4-12-20-29/h1-20,25H,21-24H2/p+1. The van der Waals surface area contributed by atoms with E-state index in [2.05, 4.69) is 89.2 Å². The molecule has 4 aromatic carbocycles. The summed E-state index contributed by atoms with van der Waals surface area (Å²) in [5.41, 5.74) is 1.56. The van der Waals surface area contributed by atoms with Crippen LogP contribution in [0.15, 0.2) is 133 Å². The number of amides is 1. The third-order valence-corrected chi connectivity index (χ3v) is 10.6. The maximum Gasteiger partial charge on any atom is 0.258 e. The Morgan fingerprint density at radius 1 is 0.667 bits per heavy atom. The van der Waals surface area contributed by atoms with E-state index in [-0.39, 0.29) is 5.91 Å². The molecule has 5 rings (SSSR count). The number of rotatable bonds is 7. The van der Waals surface area contributed by atoms with Crippen LogP contribution in [0, 0.1) is 0 Å². The fourth-order valence-corrected chi connectivity index (χ4v) is 8.87. The second-order valence-corrected chi connectivity index (χ2v) is 12.0. The number of hydrogen-bond donors (Lipinski definition) is 1. The number of morpholine rings is 1. The number of benzene rings is 4. The van der Waals surface area contributed by atoms with Crippen molar-refractivity contribution in [2.45, 2.75) is 0 Å². The van der Waals surface area contributed by atoms with Gasteiger partial charge in [-0.05, 0) is 48.5 Å². The van der Waals surface area contributed by atoms with Crippen LogP contribution in [0.3, 0.4) is 0 Å². The van der Waals surface area contributed by atoms with Crippen LogP contribution in [-0.2, 0) is 4.74 Å². The van der Waals surface area contributed by atoms with Gasteiger partial charge in [0.15, 0.2) is 12.7 Å². The lowest BCUT2D eigenvalue weighted by Gasteiger charge is -2.32. The van der Waals surface area contributed by atoms with Gasteiger partial charge in [0.2, 0.25) is 0 Å². The highest BCUT2D eigenvalue weighted by Gasteiger charge is 2.51. The SMILES string of the molecule is O=C(NC(=CN1CCOCC1)[P+](c1ccccc1)(c1ccccc1)c1ccccc1)c1ccccc1. The molecule has 180 valence electrons. The molecular formula is C31H30N2O2P+. The largest absolute Gasteiger partial charge is 0.378 e. The van der Waals surface area contributed by atoms with Crippen LogP contribution in [0.1, 0.15) is 10.4 Å². The van der Waals surface area contributed by atoms with Crippen LogP contribution in [-0.4, -0.2) is 37.1 Å². The van der Waals surface area contributed by atoms with E-state index in [0.717, 1.165) is 18.5 Å². The van der Waals surface area contributed by atoms with E-state index in [1.54, 1.807) is 0 Å². The summed E-state index contributed by atoms with van der Waals surface area (Å²) in [7, 11) is -2.46. The Morgan fingerprint density at radius 2 is 1.08 bits per heavy atom. The molecule has 0 unspecified atom stereocenters. The van der Waals surface area contributed by atoms with Crippen LogP contribution < -0.4 is 21.2 Å². The monoisotopic (exact) mass is 493 g/mol. The van der Waals surface area contributed by atoms with Gasteiger partial charge in [0.25, 0.3) is 5.91 Å². The Labute approximate surface area is 213 Å². The highest BCUT2D eigenvalue weighted by atomic mass is 31.2. The van der Waals surface area contributed by atoms with Gasteiger partial charge in [-0.2, -0.15) is 0 Å². The third-order valence-electron chi connectivity index (χ3n) is 6.42. The van der Waals surface area contributed by atoms with Gasteiger partial charge in [0.1, 0.15) is 15.9 Å². The number of carbonyl (C=O) groups excluding carboxylic acids is 1. The number of nitrogens with zero attached hydrogens (tertiary/aromatic N) is 1. The summed E-state index contributed by atoms with van der Waals surface area (Å²) < 4.78 is 5.62. The van der Waals surface area contributed by atoms with Crippen LogP contribution in [0.25, 0.3) is 0 Å². The first kappa shape index (κ1) is 24.0. The lowest BCUT2D eigenvalue weighted by molar-refractivity contribution is 0.0590. The lowest BCUT2D eigenvalue weighted by atomic mass is 10.2. The molecule has 0 bridgehead atoms. The predicted octanol–water partition coefficient (Wildman–Crippen LogP) is 4.54. The van der Waals surface area contributed by atoms with E-state index < -0.39 is 7.26 Å². The van der Waals surface area contributed by atoms with Gasteiger partial charge in [0, 0.05) is 18.7 Å². The molecule has 4 aromatic rings. The maximum absolute atomic E-state index is 13.7. The molecule has 36 heavy (non-hydrogen) atoms. The van der Waals surface area contributed by atoms with Crippen molar-refractivity contribution in [3.63, 3.8) is 0 Å². The molecule has 1 aliphatic heterocycles. The van der Waals surface area contributed by atoms with Crippen LogP contribution >= 0.6 is 7.26 Å². The highest BCUT2D eigenvalue weighted by molar-refractivity contribution is 7.99. The van der Waals surface area contributed by atoms with E-state index in [9.17, 15) is 4.79 Å². The first-order chi connectivity index (χ1) is 17.8. The summed E-state index contributed by atoms with van der Waals surface area (Å²) in [5, 5.41) is 6.98. The molecule has 1 fully saturated rings. The summed E-state index contributed by atoms with van der Waals surface area (Å²) in [6, 6.07) is 41.2. The van der Waals surface area contributed by atoms with Gasteiger partial charge >= 0.3 is 0 Å². The molecule has 0 aromatic heterocycles. The Balaban J connectivity index is 1.77. The molecule has 1 saturated heterocycles. The van der Waals surface area contributed by atoms with Crippen LogP contribution in [0.2, 0.25) is 0 Å². The molecule has 4 nitrogen and oxygen atoms in total. The molecule has 0 spiro atoms. The minimum Gasteiger partial charge on any atom is -0.378 e. The number of ether oxygens (including phenoxy) is 1. The molecule has 0 atom stereocenters. The van der Waals surface area contributed by atoms with E-state index in [0.29, 0.717) is 18.8 Å². The molecule has 0 saturated carbocycles. The second kappa shape index (κ2) is 11.3. The zero-order valence-corrected chi connectivity index (χ0v) is 21.1. The van der Waals surface area contributed by atoms with Gasteiger partial charge in [-0.1, -0.05) is 72.8 Å². The third kappa shape index (κ3) is 4.97. The van der Waals surface area contributed by atoms with Gasteiger partial charge < -0.3 is 9.64 Å². The molecule has 1 heterocycles. The number of nitrogens with one attached hydrogen (secondary N) is 1. The fraction of sp³-hybridized carbons (Fsp3) is 0.129. The van der Waals surface area contributed by atoms with E-state index >= 15 is 0 Å². The molecule has 0 aliphatic carbocycles. The molecule has 1 N–H and O–H groups in total. The zero-order valence-electron chi connectivity index (χ0n) is 20.2. The van der Waals surface area contributed by atoms with Gasteiger partial charge in [-0.3, -0.25) is 10.1 Å². The van der Waals surface area contributed by atoms with E-state index in [1.165, 1.54) is 15.9 Å². The van der Waals surface area contributed by atoms with Gasteiger partial charge in [-0.25, -0.2) is 0 Å². The van der Waals surface area contributed by atoms with Crippen molar-refractivity contribution in [3.8, 4) is 0 Å². The summed E-state index contributed by atoms with van der Waals surface area (Å²) >= 11 is 0. The first-order valence-corrected chi connectivity index (χ1v) is 14.0. The predicted molar refractivity (Wildman–Crippen MR) is 150 cm³/mol. The van der Waals surface area contributed by atoms with Gasteiger partial charge in [-0.15, -0.1) is 0 Å². The van der Waals surface area contributed by atoms with Crippen molar-refractivity contribution in [1.82, 2.24) is 10.2 Å². The van der Waals surface area contributed by atoms with Crippen LogP contribution in [0.4, 0.5) is 0 Å². The second-order valence-electron chi connectivity index (χ2n) is 8.66. The van der Waals surface area contributed by atoms with E-state index in [1.807, 2.05) is 48.5 Å². The normalized spacial score (nSPS) is 14.3. The quantitative estimate of drug-likeness (QED) is 0.385. The Bertz CT molecular complexity index is 1190. The van der Waals surface area contributed by atoms with Gasteiger partial charge in [0.05, 0.1) is 19.4 Å². The summed E-state index contributed by atoms with van der Waals surface area (Å²) in [4.78, 5) is 15.9. The minimum atomic E-state index is -2.46. The topological polar surface area (TPSA) is 41.6 Å². The maximum atomic E-state index is 13.7.